The largest absolute Gasteiger partial charge is 0.353 e. The molecule has 28 heavy (non-hydrogen) atoms. The molecule has 2 amide bonds. The molecule has 3 aliphatic carbocycles. The van der Waals surface area contributed by atoms with Crippen LogP contribution in [0.3, 0.4) is 0 Å². The summed E-state index contributed by atoms with van der Waals surface area (Å²) in [5, 5.41) is 6.53. The number of carbonyl (C=O) groups excluding carboxylic acids is 2. The van der Waals surface area contributed by atoms with Gasteiger partial charge in [-0.1, -0.05) is 32.1 Å². The number of amides is 2. The maximum atomic E-state index is 12.7. The highest BCUT2D eigenvalue weighted by Gasteiger charge is 2.31. The van der Waals surface area contributed by atoms with Crippen molar-refractivity contribution in [3.63, 3.8) is 0 Å². The zero-order valence-corrected chi connectivity index (χ0v) is 18.1. The molecular weight excluding hydrogens is 374 g/mol. The van der Waals surface area contributed by atoms with Crippen LogP contribution in [0.15, 0.2) is 0 Å². The molecule has 0 heterocycles. The maximum Gasteiger partial charge on any atom is 0.223 e. The Bertz CT molecular complexity index is 488. The first kappa shape index (κ1) is 23.5. The predicted octanol–water partition coefficient (Wildman–Crippen LogP) is 3.69. The Kier molecular flexibility index (Phi) is 10.1. The third-order valence-corrected chi connectivity index (χ3v) is 7.20. The normalized spacial score (nSPS) is 31.5. The van der Waals surface area contributed by atoms with Crippen molar-refractivity contribution in [1.29, 1.82) is 0 Å². The lowest BCUT2D eigenvalue weighted by Crippen LogP contribution is -2.48. The highest BCUT2D eigenvalue weighted by atomic mass is 35.5. The van der Waals surface area contributed by atoms with Crippen LogP contribution in [0.1, 0.15) is 89.9 Å². The van der Waals surface area contributed by atoms with Gasteiger partial charge in [0.2, 0.25) is 11.8 Å². The number of nitrogens with two attached hydrogens (primary N) is 1. The molecule has 2 unspecified atom stereocenters. The second kappa shape index (κ2) is 12.0. The SMILES string of the molecule is Cl.NCC1CCCCC1NC(=O)C1CCC(NC(=O)CC2CCCCC2)CC1. The summed E-state index contributed by atoms with van der Waals surface area (Å²) in [7, 11) is 0. The van der Waals surface area contributed by atoms with E-state index in [1.165, 1.54) is 44.9 Å². The molecule has 3 rings (SSSR count). The minimum Gasteiger partial charge on any atom is -0.353 e. The zero-order chi connectivity index (χ0) is 19.1. The lowest BCUT2D eigenvalue weighted by Gasteiger charge is -2.34. The first-order valence-corrected chi connectivity index (χ1v) is 11.5. The molecule has 2 atom stereocenters. The van der Waals surface area contributed by atoms with E-state index in [1.807, 2.05) is 0 Å². The second-order valence-electron chi connectivity index (χ2n) is 9.22. The van der Waals surface area contributed by atoms with Crippen LogP contribution in [0.4, 0.5) is 0 Å². The van der Waals surface area contributed by atoms with E-state index in [1.54, 1.807) is 0 Å². The van der Waals surface area contributed by atoms with Gasteiger partial charge in [0.15, 0.2) is 0 Å². The zero-order valence-electron chi connectivity index (χ0n) is 17.3. The standard InChI is InChI=1S/C22H39N3O2.ClH/c23-15-18-8-4-5-9-20(18)25-22(27)17-10-12-19(13-11-17)24-21(26)14-16-6-2-1-3-7-16;/h16-20H,1-15,23H2,(H,24,26)(H,25,27);1H. The van der Waals surface area contributed by atoms with Gasteiger partial charge in [-0.15, -0.1) is 12.4 Å². The van der Waals surface area contributed by atoms with Gasteiger partial charge in [0.25, 0.3) is 0 Å². The van der Waals surface area contributed by atoms with Crippen LogP contribution in [-0.4, -0.2) is 30.4 Å². The summed E-state index contributed by atoms with van der Waals surface area (Å²) in [6.07, 6.45) is 15.3. The third-order valence-electron chi connectivity index (χ3n) is 7.20. The first-order valence-electron chi connectivity index (χ1n) is 11.5. The molecule has 3 fully saturated rings. The van der Waals surface area contributed by atoms with Crippen LogP contribution >= 0.6 is 12.4 Å². The summed E-state index contributed by atoms with van der Waals surface area (Å²) in [6, 6.07) is 0.529. The fourth-order valence-corrected chi connectivity index (χ4v) is 5.42. The summed E-state index contributed by atoms with van der Waals surface area (Å²) in [5.74, 6) is 1.58. The van der Waals surface area contributed by atoms with Crippen molar-refractivity contribution in [3.8, 4) is 0 Å². The fourth-order valence-electron chi connectivity index (χ4n) is 5.42. The predicted molar refractivity (Wildman–Crippen MR) is 115 cm³/mol. The van der Waals surface area contributed by atoms with Gasteiger partial charge in [-0.2, -0.15) is 0 Å². The molecule has 4 N–H and O–H groups in total. The quantitative estimate of drug-likeness (QED) is 0.620. The molecule has 3 saturated carbocycles. The topological polar surface area (TPSA) is 84.2 Å². The highest BCUT2D eigenvalue weighted by molar-refractivity contribution is 5.85. The van der Waals surface area contributed by atoms with Gasteiger partial charge in [-0.3, -0.25) is 9.59 Å². The summed E-state index contributed by atoms with van der Waals surface area (Å²) < 4.78 is 0. The smallest absolute Gasteiger partial charge is 0.223 e. The Morgan fingerprint density at radius 2 is 1.43 bits per heavy atom. The monoisotopic (exact) mass is 413 g/mol. The van der Waals surface area contributed by atoms with E-state index in [0.717, 1.165) is 38.5 Å². The Morgan fingerprint density at radius 1 is 0.786 bits per heavy atom. The number of rotatable bonds is 6. The number of nitrogens with one attached hydrogen (secondary N) is 2. The second-order valence-corrected chi connectivity index (χ2v) is 9.22. The van der Waals surface area contributed by atoms with Gasteiger partial charge in [0, 0.05) is 24.4 Å². The molecule has 5 nitrogen and oxygen atoms in total. The molecule has 162 valence electrons. The third kappa shape index (κ3) is 6.91. The van der Waals surface area contributed by atoms with Crippen molar-refractivity contribution >= 4 is 24.2 Å². The molecule has 0 spiro atoms. The van der Waals surface area contributed by atoms with Gasteiger partial charge in [0.1, 0.15) is 0 Å². The summed E-state index contributed by atoms with van der Waals surface area (Å²) in [4.78, 5) is 25.0. The average Bonchev–Trinajstić information content (AvgIpc) is 2.69. The van der Waals surface area contributed by atoms with Gasteiger partial charge >= 0.3 is 0 Å². The lowest BCUT2D eigenvalue weighted by atomic mass is 9.82. The Balaban J connectivity index is 0.00000280. The Morgan fingerprint density at radius 3 is 2.11 bits per heavy atom. The van der Waals surface area contributed by atoms with Crippen molar-refractivity contribution in [2.75, 3.05) is 6.54 Å². The van der Waals surface area contributed by atoms with E-state index in [0.29, 0.717) is 24.8 Å². The molecule has 0 bridgehead atoms. The molecule has 0 aromatic heterocycles. The number of carbonyl (C=O) groups is 2. The van der Waals surface area contributed by atoms with Crippen molar-refractivity contribution in [3.05, 3.63) is 0 Å². The molecular formula is C22H40ClN3O2. The average molecular weight is 414 g/mol. The first-order chi connectivity index (χ1) is 13.2. The summed E-state index contributed by atoms with van der Waals surface area (Å²) in [6.45, 7) is 0.671. The summed E-state index contributed by atoms with van der Waals surface area (Å²) >= 11 is 0. The number of hydrogen-bond donors (Lipinski definition) is 3. The Hall–Kier alpha value is -0.810. The highest BCUT2D eigenvalue weighted by Crippen LogP contribution is 2.29. The molecule has 0 aromatic carbocycles. The van der Waals surface area contributed by atoms with Crippen molar-refractivity contribution < 1.29 is 9.59 Å². The fraction of sp³-hybridized carbons (Fsp3) is 0.909. The molecule has 0 aromatic rings. The number of hydrogen-bond acceptors (Lipinski definition) is 3. The molecule has 0 radical (unpaired) electrons. The van der Waals surface area contributed by atoms with Crippen molar-refractivity contribution in [2.24, 2.45) is 23.5 Å². The van der Waals surface area contributed by atoms with Gasteiger partial charge in [-0.25, -0.2) is 0 Å². The Labute approximate surface area is 176 Å². The summed E-state index contributed by atoms with van der Waals surface area (Å²) in [5.41, 5.74) is 5.89. The lowest BCUT2D eigenvalue weighted by molar-refractivity contribution is -0.127. The van der Waals surface area contributed by atoms with E-state index >= 15 is 0 Å². The van der Waals surface area contributed by atoms with Crippen molar-refractivity contribution in [2.45, 2.75) is 102 Å². The van der Waals surface area contributed by atoms with Crippen LogP contribution in [-0.2, 0) is 9.59 Å². The minimum atomic E-state index is 0. The van der Waals surface area contributed by atoms with Crippen LogP contribution in [0, 0.1) is 17.8 Å². The van der Waals surface area contributed by atoms with E-state index in [-0.39, 0.29) is 42.2 Å². The number of halogens is 1. The van der Waals surface area contributed by atoms with E-state index in [9.17, 15) is 9.59 Å². The van der Waals surface area contributed by atoms with Gasteiger partial charge in [0.05, 0.1) is 0 Å². The van der Waals surface area contributed by atoms with Crippen LogP contribution in [0.2, 0.25) is 0 Å². The maximum absolute atomic E-state index is 12.7. The molecule has 0 aliphatic heterocycles. The molecule has 0 saturated heterocycles. The van der Waals surface area contributed by atoms with Gasteiger partial charge < -0.3 is 16.4 Å². The molecule has 3 aliphatic rings. The van der Waals surface area contributed by atoms with Crippen LogP contribution < -0.4 is 16.4 Å². The molecule has 6 heteroatoms. The van der Waals surface area contributed by atoms with E-state index in [2.05, 4.69) is 10.6 Å². The van der Waals surface area contributed by atoms with Crippen molar-refractivity contribution in [1.82, 2.24) is 10.6 Å². The van der Waals surface area contributed by atoms with E-state index < -0.39 is 0 Å². The van der Waals surface area contributed by atoms with Crippen LogP contribution in [0.25, 0.3) is 0 Å². The van der Waals surface area contributed by atoms with E-state index in [4.69, 9.17) is 5.73 Å². The minimum absolute atomic E-state index is 0. The van der Waals surface area contributed by atoms with Crippen LogP contribution in [0.5, 0.6) is 0 Å². The van der Waals surface area contributed by atoms with Gasteiger partial charge in [-0.05, 0) is 69.7 Å².